The van der Waals surface area contributed by atoms with Gasteiger partial charge in [0.15, 0.2) is 0 Å². The summed E-state index contributed by atoms with van der Waals surface area (Å²) in [5.41, 5.74) is 1.11. The number of amides is 1. The van der Waals surface area contributed by atoms with Gasteiger partial charge in [-0.15, -0.1) is 0 Å². The number of aliphatic carboxylic acids is 1. The van der Waals surface area contributed by atoms with E-state index in [2.05, 4.69) is 4.90 Å². The number of alkyl halides is 3. The molecule has 0 saturated carbocycles. The lowest BCUT2D eigenvalue weighted by Gasteiger charge is -2.22. The highest BCUT2D eigenvalue weighted by molar-refractivity contribution is 7.08. The second-order valence-electron chi connectivity index (χ2n) is 7.39. The van der Waals surface area contributed by atoms with Crippen molar-refractivity contribution in [2.75, 3.05) is 32.8 Å². The van der Waals surface area contributed by atoms with Gasteiger partial charge in [0.1, 0.15) is 5.76 Å². The summed E-state index contributed by atoms with van der Waals surface area (Å²) in [6.07, 6.45) is -2.70. The van der Waals surface area contributed by atoms with Crippen molar-refractivity contribution in [2.45, 2.75) is 25.2 Å². The minimum absolute atomic E-state index is 0.165. The number of thiophene rings is 1. The average Bonchev–Trinajstić information content (AvgIpc) is 3.43. The van der Waals surface area contributed by atoms with Gasteiger partial charge in [-0.25, -0.2) is 4.79 Å². The Bertz CT molecular complexity index is 842. The van der Waals surface area contributed by atoms with Crippen molar-refractivity contribution >= 4 is 23.2 Å². The van der Waals surface area contributed by atoms with Gasteiger partial charge in [0.05, 0.1) is 31.9 Å². The molecule has 0 aromatic carbocycles. The number of carbonyl (C=O) groups excluding carboxylic acids is 1. The monoisotopic (exact) mass is 460 g/mol. The molecule has 0 unspecified atom stereocenters. The molecule has 4 rings (SSSR count). The van der Waals surface area contributed by atoms with Crippen LogP contribution in [0.3, 0.4) is 0 Å². The first-order valence-corrected chi connectivity index (χ1v) is 10.6. The number of hydrogen-bond donors (Lipinski definition) is 1. The summed E-state index contributed by atoms with van der Waals surface area (Å²) in [6.45, 7) is 4.91. The van der Waals surface area contributed by atoms with Crippen LogP contribution in [-0.2, 0) is 27.3 Å². The fourth-order valence-electron chi connectivity index (χ4n) is 3.61. The van der Waals surface area contributed by atoms with Gasteiger partial charge >= 0.3 is 12.1 Å². The summed E-state index contributed by atoms with van der Waals surface area (Å²) >= 11 is 1.64. The number of fused-ring (bicyclic) bond motifs is 1. The second-order valence-corrected chi connectivity index (χ2v) is 8.17. The van der Waals surface area contributed by atoms with Crippen LogP contribution in [-0.4, -0.2) is 71.8 Å². The molecule has 0 radical (unpaired) electrons. The minimum Gasteiger partial charge on any atom is -0.475 e. The van der Waals surface area contributed by atoms with Crippen LogP contribution in [0.25, 0.3) is 0 Å². The Morgan fingerprint density at radius 1 is 1.23 bits per heavy atom. The number of carbonyl (C=O) groups is 2. The Kier molecular flexibility index (Phi) is 7.74. The first kappa shape index (κ1) is 23.3. The first-order valence-electron chi connectivity index (χ1n) is 9.67. The fraction of sp³-hybridized carbons (Fsp3) is 0.500. The Labute approximate surface area is 181 Å². The van der Waals surface area contributed by atoms with Crippen molar-refractivity contribution in [1.82, 2.24) is 9.80 Å². The molecular weight excluding hydrogens is 437 g/mol. The number of furan rings is 1. The third-order valence-corrected chi connectivity index (χ3v) is 5.84. The smallest absolute Gasteiger partial charge is 0.475 e. The molecule has 0 bridgehead atoms. The highest BCUT2D eigenvalue weighted by Crippen LogP contribution is 2.25. The zero-order chi connectivity index (χ0) is 22.4. The normalized spacial score (nSPS) is 21.7. The predicted octanol–water partition coefficient (Wildman–Crippen LogP) is 2.88. The number of ether oxygens (including phenoxy) is 1. The number of hydrogen-bond acceptors (Lipinski definition) is 6. The molecule has 11 heteroatoms. The van der Waals surface area contributed by atoms with Crippen molar-refractivity contribution < 1.29 is 37.0 Å². The summed E-state index contributed by atoms with van der Waals surface area (Å²) < 4.78 is 43.2. The third-order valence-electron chi connectivity index (χ3n) is 5.10. The van der Waals surface area contributed by atoms with Gasteiger partial charge in [-0.2, -0.15) is 24.5 Å². The van der Waals surface area contributed by atoms with Gasteiger partial charge in [0.25, 0.3) is 0 Å². The lowest BCUT2D eigenvalue weighted by molar-refractivity contribution is -0.192. The van der Waals surface area contributed by atoms with E-state index in [1.165, 1.54) is 0 Å². The number of carboxylic acids is 1. The van der Waals surface area contributed by atoms with E-state index >= 15 is 0 Å². The Morgan fingerprint density at radius 3 is 2.61 bits per heavy atom. The standard InChI is InChI=1S/C18H22N2O3S.C2HF3O2/c21-18(8-14-3-7-24-13-14)20-10-15-9-19(4-6-23-17(15)12-20)11-16-2-1-5-22-16;3-2(4,5)1(6)7/h1-3,5,7,13,15,17H,4,6,8-12H2;(H,6,7)/t15-,17+;/m0./s1. The van der Waals surface area contributed by atoms with Crippen molar-refractivity contribution in [3.8, 4) is 0 Å². The number of nitrogens with zero attached hydrogens (tertiary/aromatic N) is 2. The molecule has 2 atom stereocenters. The van der Waals surface area contributed by atoms with Crippen LogP contribution in [0.15, 0.2) is 39.6 Å². The van der Waals surface area contributed by atoms with Crippen molar-refractivity contribution in [1.29, 1.82) is 0 Å². The van der Waals surface area contributed by atoms with Gasteiger partial charge in [-0.05, 0) is 34.5 Å². The molecule has 2 fully saturated rings. The third kappa shape index (κ3) is 6.81. The first-order chi connectivity index (χ1) is 14.7. The molecule has 2 aromatic heterocycles. The summed E-state index contributed by atoms with van der Waals surface area (Å²) in [5, 5.41) is 11.2. The van der Waals surface area contributed by atoms with Crippen LogP contribution in [0.2, 0.25) is 0 Å². The molecule has 170 valence electrons. The molecule has 31 heavy (non-hydrogen) atoms. The topological polar surface area (TPSA) is 83.2 Å². The minimum atomic E-state index is -5.08. The van der Waals surface area contributed by atoms with E-state index in [1.54, 1.807) is 17.6 Å². The molecular formula is C20H23F3N2O5S. The van der Waals surface area contributed by atoms with Gasteiger partial charge in [0.2, 0.25) is 5.91 Å². The van der Waals surface area contributed by atoms with E-state index in [9.17, 15) is 18.0 Å². The number of rotatable bonds is 4. The molecule has 4 heterocycles. The summed E-state index contributed by atoms with van der Waals surface area (Å²) in [4.78, 5) is 25.8. The molecule has 1 amide bonds. The number of likely N-dealkylation sites (tertiary alicyclic amines) is 1. The van der Waals surface area contributed by atoms with Gasteiger partial charge in [-0.3, -0.25) is 9.69 Å². The van der Waals surface area contributed by atoms with Crippen LogP contribution in [0.4, 0.5) is 13.2 Å². The van der Waals surface area contributed by atoms with E-state index in [0.717, 1.165) is 44.0 Å². The predicted molar refractivity (Wildman–Crippen MR) is 106 cm³/mol. The molecule has 2 aromatic rings. The van der Waals surface area contributed by atoms with Crippen LogP contribution in [0, 0.1) is 5.92 Å². The van der Waals surface area contributed by atoms with Gasteiger partial charge in [-0.1, -0.05) is 0 Å². The number of carboxylic acid groups (broad SMARTS) is 1. The van der Waals surface area contributed by atoms with Crippen molar-refractivity contribution in [3.63, 3.8) is 0 Å². The summed E-state index contributed by atoms with van der Waals surface area (Å²) in [7, 11) is 0. The van der Waals surface area contributed by atoms with Crippen LogP contribution in [0.1, 0.15) is 11.3 Å². The van der Waals surface area contributed by atoms with Crippen LogP contribution < -0.4 is 0 Å². The van der Waals surface area contributed by atoms with Crippen LogP contribution >= 0.6 is 11.3 Å². The maximum absolute atomic E-state index is 12.5. The Balaban J connectivity index is 0.000000339. The number of halogens is 3. The maximum atomic E-state index is 12.5. The lowest BCUT2D eigenvalue weighted by Crippen LogP contribution is -2.34. The fourth-order valence-corrected chi connectivity index (χ4v) is 4.28. The van der Waals surface area contributed by atoms with E-state index < -0.39 is 12.1 Å². The van der Waals surface area contributed by atoms with Gasteiger partial charge < -0.3 is 19.2 Å². The van der Waals surface area contributed by atoms with E-state index in [0.29, 0.717) is 18.9 Å². The largest absolute Gasteiger partial charge is 0.490 e. The summed E-state index contributed by atoms with van der Waals surface area (Å²) in [5.74, 6) is -1.18. The highest BCUT2D eigenvalue weighted by Gasteiger charge is 2.39. The van der Waals surface area contributed by atoms with Crippen LogP contribution in [0.5, 0.6) is 0 Å². The molecule has 0 spiro atoms. The van der Waals surface area contributed by atoms with E-state index in [-0.39, 0.29) is 12.0 Å². The van der Waals surface area contributed by atoms with E-state index in [4.69, 9.17) is 19.1 Å². The second kappa shape index (κ2) is 10.3. The van der Waals surface area contributed by atoms with Crippen molar-refractivity contribution in [2.24, 2.45) is 5.92 Å². The zero-order valence-electron chi connectivity index (χ0n) is 16.6. The Morgan fingerprint density at radius 2 is 2.00 bits per heavy atom. The summed E-state index contributed by atoms with van der Waals surface area (Å²) in [6, 6.07) is 5.96. The molecule has 0 aliphatic carbocycles. The molecule has 1 N–H and O–H groups in total. The van der Waals surface area contributed by atoms with E-state index in [1.807, 2.05) is 33.9 Å². The average molecular weight is 460 g/mol. The maximum Gasteiger partial charge on any atom is 0.490 e. The molecule has 2 aliphatic heterocycles. The SMILES string of the molecule is O=C(Cc1ccsc1)N1C[C@@H]2CN(Cc3ccco3)CCO[C@@H]2C1.O=C(O)C(F)(F)F. The molecule has 7 nitrogen and oxygen atoms in total. The van der Waals surface area contributed by atoms with Crippen molar-refractivity contribution in [3.05, 3.63) is 46.5 Å². The lowest BCUT2D eigenvalue weighted by atomic mass is 10.1. The highest BCUT2D eigenvalue weighted by atomic mass is 32.1. The zero-order valence-corrected chi connectivity index (χ0v) is 17.4. The molecule has 2 aliphatic rings. The molecule has 2 saturated heterocycles. The van der Waals surface area contributed by atoms with Gasteiger partial charge in [0, 0.05) is 32.1 Å². The quantitative estimate of drug-likeness (QED) is 0.756. The Hall–Kier alpha value is -2.37.